The molecular formula is C30H36N4O2. The van der Waals surface area contributed by atoms with Crippen molar-refractivity contribution < 1.29 is 9.59 Å². The Kier molecular flexibility index (Phi) is 6.45. The highest BCUT2D eigenvalue weighted by atomic mass is 16.2. The number of nitrogens with one attached hydrogen (secondary N) is 1. The lowest BCUT2D eigenvalue weighted by Crippen LogP contribution is -2.65. The van der Waals surface area contributed by atoms with Gasteiger partial charge < -0.3 is 5.32 Å². The summed E-state index contributed by atoms with van der Waals surface area (Å²) in [6, 6.07) is 18.2. The highest BCUT2D eigenvalue weighted by molar-refractivity contribution is 6.12. The molecule has 1 fully saturated rings. The molecule has 3 aromatic rings. The summed E-state index contributed by atoms with van der Waals surface area (Å²) in [6.45, 7) is 8.52. The van der Waals surface area contributed by atoms with E-state index in [4.69, 9.17) is 5.10 Å². The smallest absolute Gasteiger partial charge is 0.277 e. The number of benzene rings is 2. The number of carbonyl (C=O) groups excluding carboxylic acids is 2. The van der Waals surface area contributed by atoms with Crippen LogP contribution < -0.4 is 10.2 Å². The Morgan fingerprint density at radius 1 is 1.03 bits per heavy atom. The molecule has 5 rings (SSSR count). The number of hydrogen-bond acceptors (Lipinski definition) is 3. The zero-order valence-corrected chi connectivity index (χ0v) is 21.8. The van der Waals surface area contributed by atoms with E-state index >= 15 is 0 Å². The maximum absolute atomic E-state index is 14.0. The van der Waals surface area contributed by atoms with E-state index in [1.807, 2.05) is 44.2 Å². The predicted octanol–water partition coefficient (Wildman–Crippen LogP) is 5.85. The third kappa shape index (κ3) is 4.45. The molecule has 1 aliphatic carbocycles. The maximum Gasteiger partial charge on any atom is 0.277 e. The van der Waals surface area contributed by atoms with Gasteiger partial charge in [-0.3, -0.25) is 19.2 Å². The molecule has 2 aromatic carbocycles. The first-order valence-corrected chi connectivity index (χ1v) is 13.2. The Labute approximate surface area is 213 Å². The third-order valence-electron chi connectivity index (χ3n) is 7.75. The van der Waals surface area contributed by atoms with Gasteiger partial charge in [0.25, 0.3) is 5.91 Å². The SMILES string of the molecule is Cc1ccc(N2C(=O)c3cc(-c4ccc(C(C)C)cc4)nn3CC2(C)C(=O)NC2CCCCC2)cc1. The molecule has 1 N–H and O–H groups in total. The molecule has 0 radical (unpaired) electrons. The molecule has 2 aliphatic rings. The topological polar surface area (TPSA) is 67.2 Å². The summed E-state index contributed by atoms with van der Waals surface area (Å²) in [5.74, 6) is 0.124. The van der Waals surface area contributed by atoms with Gasteiger partial charge in [0, 0.05) is 17.3 Å². The molecule has 1 atom stereocenters. The van der Waals surface area contributed by atoms with Crippen molar-refractivity contribution in [1.82, 2.24) is 15.1 Å². The quantitative estimate of drug-likeness (QED) is 0.494. The number of nitrogens with zero attached hydrogens (tertiary/aromatic N) is 3. The van der Waals surface area contributed by atoms with Crippen molar-refractivity contribution in [3.8, 4) is 11.3 Å². The first kappa shape index (κ1) is 24.3. The Hall–Kier alpha value is -3.41. The summed E-state index contributed by atoms with van der Waals surface area (Å²) in [6.07, 6.45) is 5.46. The van der Waals surface area contributed by atoms with Gasteiger partial charge in [-0.25, -0.2) is 0 Å². The average molecular weight is 485 g/mol. The van der Waals surface area contributed by atoms with Gasteiger partial charge >= 0.3 is 0 Å². The average Bonchev–Trinajstić information content (AvgIpc) is 3.30. The Bertz CT molecular complexity index is 1250. The maximum atomic E-state index is 14.0. The van der Waals surface area contributed by atoms with E-state index in [1.54, 1.807) is 9.58 Å². The van der Waals surface area contributed by atoms with Gasteiger partial charge in [0.2, 0.25) is 5.91 Å². The van der Waals surface area contributed by atoms with Crippen LogP contribution in [-0.4, -0.2) is 33.2 Å². The fraction of sp³-hybridized carbons (Fsp3) is 0.433. The van der Waals surface area contributed by atoms with Crippen LogP contribution in [0.15, 0.2) is 54.6 Å². The van der Waals surface area contributed by atoms with Crippen LogP contribution in [0.5, 0.6) is 0 Å². The minimum atomic E-state index is -1.10. The molecule has 6 heteroatoms. The van der Waals surface area contributed by atoms with Gasteiger partial charge in [-0.15, -0.1) is 0 Å². The van der Waals surface area contributed by atoms with Crippen molar-refractivity contribution in [2.75, 3.05) is 4.90 Å². The summed E-state index contributed by atoms with van der Waals surface area (Å²) >= 11 is 0. The normalized spacial score (nSPS) is 20.5. The third-order valence-corrected chi connectivity index (χ3v) is 7.75. The van der Waals surface area contributed by atoms with Crippen LogP contribution >= 0.6 is 0 Å². The largest absolute Gasteiger partial charge is 0.351 e. The summed E-state index contributed by atoms with van der Waals surface area (Å²) in [5, 5.41) is 8.07. The van der Waals surface area contributed by atoms with Crippen molar-refractivity contribution in [3.63, 3.8) is 0 Å². The lowest BCUT2D eigenvalue weighted by atomic mass is 9.91. The number of amides is 2. The van der Waals surface area contributed by atoms with Crippen LogP contribution in [0.25, 0.3) is 11.3 Å². The van der Waals surface area contributed by atoms with Gasteiger partial charge in [0.1, 0.15) is 11.2 Å². The molecule has 1 saturated carbocycles. The second-order valence-corrected chi connectivity index (χ2v) is 10.9. The fourth-order valence-corrected chi connectivity index (χ4v) is 5.45. The standard InChI is InChI=1S/C30H36N4O2/c1-20(2)22-12-14-23(15-13-22)26-18-27-28(35)34(25-16-10-21(3)11-17-25)30(4,19-33(27)32-26)29(36)31-24-8-6-5-7-9-24/h10-18,20,24H,5-9,19H2,1-4H3,(H,31,36). The van der Waals surface area contributed by atoms with Crippen molar-refractivity contribution in [2.24, 2.45) is 0 Å². The number of carbonyl (C=O) groups is 2. The first-order valence-electron chi connectivity index (χ1n) is 13.2. The minimum absolute atomic E-state index is 0.118. The van der Waals surface area contributed by atoms with E-state index in [1.165, 1.54) is 12.0 Å². The molecule has 1 aliphatic heterocycles. The van der Waals surface area contributed by atoms with Crippen molar-refractivity contribution in [2.45, 2.75) is 83.8 Å². The van der Waals surface area contributed by atoms with E-state index in [9.17, 15) is 9.59 Å². The van der Waals surface area contributed by atoms with Crippen molar-refractivity contribution in [3.05, 3.63) is 71.4 Å². The molecule has 1 aromatic heterocycles. The molecule has 6 nitrogen and oxygen atoms in total. The van der Waals surface area contributed by atoms with E-state index < -0.39 is 5.54 Å². The second kappa shape index (κ2) is 9.57. The lowest BCUT2D eigenvalue weighted by molar-refractivity contribution is -0.127. The van der Waals surface area contributed by atoms with Crippen LogP contribution in [0, 0.1) is 6.92 Å². The Morgan fingerprint density at radius 3 is 2.33 bits per heavy atom. The molecule has 0 spiro atoms. The number of hydrogen-bond donors (Lipinski definition) is 1. The van der Waals surface area contributed by atoms with Crippen LogP contribution in [0.3, 0.4) is 0 Å². The molecule has 1 unspecified atom stereocenters. The van der Waals surface area contributed by atoms with Crippen LogP contribution in [0.2, 0.25) is 0 Å². The molecule has 2 amide bonds. The molecule has 188 valence electrons. The Morgan fingerprint density at radius 2 is 1.69 bits per heavy atom. The van der Waals surface area contributed by atoms with Gasteiger partial charge in [-0.05, 0) is 56.4 Å². The van der Waals surface area contributed by atoms with Crippen LogP contribution in [0.4, 0.5) is 5.69 Å². The predicted molar refractivity (Wildman–Crippen MR) is 143 cm³/mol. The second-order valence-electron chi connectivity index (χ2n) is 10.9. The summed E-state index contributed by atoms with van der Waals surface area (Å²) < 4.78 is 1.72. The van der Waals surface area contributed by atoms with E-state index in [0.29, 0.717) is 18.2 Å². The molecular weight excluding hydrogens is 448 g/mol. The number of aryl methyl sites for hydroxylation is 1. The van der Waals surface area contributed by atoms with Crippen LogP contribution in [0.1, 0.15) is 80.4 Å². The number of anilines is 1. The van der Waals surface area contributed by atoms with E-state index in [0.717, 1.165) is 48.2 Å². The molecule has 36 heavy (non-hydrogen) atoms. The van der Waals surface area contributed by atoms with Crippen molar-refractivity contribution in [1.29, 1.82) is 0 Å². The summed E-state index contributed by atoms with van der Waals surface area (Å²) in [5.41, 5.74) is 4.20. The zero-order chi connectivity index (χ0) is 25.4. The van der Waals surface area contributed by atoms with Gasteiger partial charge in [-0.1, -0.05) is 75.1 Å². The molecule has 2 heterocycles. The minimum Gasteiger partial charge on any atom is -0.351 e. The summed E-state index contributed by atoms with van der Waals surface area (Å²) in [7, 11) is 0. The number of fused-ring (bicyclic) bond motifs is 1. The lowest BCUT2D eigenvalue weighted by Gasteiger charge is -2.44. The van der Waals surface area contributed by atoms with E-state index in [-0.39, 0.29) is 17.9 Å². The first-order chi connectivity index (χ1) is 17.3. The van der Waals surface area contributed by atoms with Gasteiger partial charge in [0.15, 0.2) is 0 Å². The van der Waals surface area contributed by atoms with E-state index in [2.05, 4.69) is 43.4 Å². The number of rotatable bonds is 5. The summed E-state index contributed by atoms with van der Waals surface area (Å²) in [4.78, 5) is 29.5. The van der Waals surface area contributed by atoms with Crippen LogP contribution in [-0.2, 0) is 11.3 Å². The highest BCUT2D eigenvalue weighted by Crippen LogP contribution is 2.35. The molecule has 0 bridgehead atoms. The fourth-order valence-electron chi connectivity index (χ4n) is 5.45. The zero-order valence-electron chi connectivity index (χ0n) is 21.8. The molecule has 0 saturated heterocycles. The Balaban J connectivity index is 1.53. The van der Waals surface area contributed by atoms with Crippen molar-refractivity contribution >= 4 is 17.5 Å². The highest BCUT2D eigenvalue weighted by Gasteiger charge is 2.49. The van der Waals surface area contributed by atoms with Gasteiger partial charge in [-0.2, -0.15) is 5.10 Å². The van der Waals surface area contributed by atoms with Gasteiger partial charge in [0.05, 0.1) is 12.2 Å². The monoisotopic (exact) mass is 484 g/mol. The number of aromatic nitrogens is 2.